The highest BCUT2D eigenvalue weighted by atomic mass is 19.1. The summed E-state index contributed by atoms with van der Waals surface area (Å²) in [7, 11) is 3.26. The number of aliphatic hydroxyl groups is 2. The third-order valence-corrected chi connectivity index (χ3v) is 12.3. The van der Waals surface area contributed by atoms with Gasteiger partial charge in [0, 0.05) is 53.7 Å². The van der Waals surface area contributed by atoms with Crippen molar-refractivity contribution >= 4 is 46.0 Å². The molecule has 8 N–H and O–H groups in total. The zero-order valence-corrected chi connectivity index (χ0v) is 34.3. The smallest absolute Gasteiger partial charge is 0.245 e. The van der Waals surface area contributed by atoms with E-state index < -0.39 is 77.3 Å². The Morgan fingerprint density at radius 2 is 1.36 bits per heavy atom. The number of nitrogens with zero attached hydrogens (tertiary/aromatic N) is 2. The van der Waals surface area contributed by atoms with Crippen molar-refractivity contribution in [2.75, 3.05) is 32.5 Å². The van der Waals surface area contributed by atoms with Crippen LogP contribution in [-0.2, 0) is 31.1 Å². The molecule has 0 spiro atoms. The predicted molar refractivity (Wildman–Crippen MR) is 216 cm³/mol. The van der Waals surface area contributed by atoms with Crippen molar-refractivity contribution in [3.63, 3.8) is 0 Å². The van der Waals surface area contributed by atoms with E-state index in [0.717, 1.165) is 0 Å². The zero-order chi connectivity index (χ0) is 42.9. The number of aromatic nitrogens is 1. The minimum Gasteiger partial charge on any atom is -0.391 e. The molecule has 2 saturated heterocycles. The van der Waals surface area contributed by atoms with E-state index in [0.29, 0.717) is 22.2 Å². The summed E-state index contributed by atoms with van der Waals surface area (Å²) in [5, 5.41) is 37.2. The highest BCUT2D eigenvalue weighted by molar-refractivity contribution is 6.14. The van der Waals surface area contributed by atoms with Crippen LogP contribution in [0.25, 0.3) is 10.9 Å². The third-order valence-electron chi connectivity index (χ3n) is 12.3. The number of H-pyrrole nitrogens is 1. The van der Waals surface area contributed by atoms with Crippen LogP contribution in [0.1, 0.15) is 81.4 Å². The fraction of sp³-hybridized carbons (Fsp3) is 0.548. The maximum Gasteiger partial charge on any atom is 0.245 e. The van der Waals surface area contributed by atoms with E-state index in [1.807, 2.05) is 0 Å². The molecule has 0 radical (unpaired) electrons. The number of fused-ring (bicyclic) bond motifs is 2. The monoisotopic (exact) mass is 822 g/mol. The Morgan fingerprint density at radius 1 is 0.831 bits per heavy atom. The van der Waals surface area contributed by atoms with Crippen LogP contribution in [0.15, 0.2) is 36.4 Å². The summed E-state index contributed by atoms with van der Waals surface area (Å²) >= 11 is 0. The molecular weight excluding hydrogens is 767 g/mol. The number of carbonyl (C=O) groups is 5. The van der Waals surface area contributed by atoms with Gasteiger partial charge in [-0.2, -0.15) is 0 Å². The number of likely N-dealkylation sites (tertiary alicyclic amines) is 2. The summed E-state index contributed by atoms with van der Waals surface area (Å²) < 4.78 is 29.8. The lowest BCUT2D eigenvalue weighted by Gasteiger charge is -2.36. The number of hydrogen-bond acceptors (Lipinski definition) is 10. The summed E-state index contributed by atoms with van der Waals surface area (Å²) in [5.74, 6) is -3.18. The molecule has 9 atom stereocenters. The van der Waals surface area contributed by atoms with E-state index in [1.165, 1.54) is 40.1 Å². The molecular formula is C42H56F2N8O7. The Hall–Kier alpha value is -4.97. The number of β-amino-alcohol motifs (C(OH)–C–C–N with tert-alkyl or cyclic N) is 2. The lowest BCUT2D eigenvalue weighted by molar-refractivity contribution is -0.138. The van der Waals surface area contributed by atoms with E-state index in [9.17, 15) is 38.2 Å². The SMILES string of the molecule is CC[C@H](NC(=O)[C@H](C)NC)C(=O)N1C[C@@H](O)C[C@H]1Cc1c([C@@]2(C[C@@H]3C[C@H](O)CN3C(=O)[C@H](CC)NC(=O)[C@H](C)NC)Nc3cc(F)ccc3C2=O)[nH]c2cc(F)ccc12. The molecule has 59 heavy (non-hydrogen) atoms. The minimum absolute atomic E-state index is 0.00389. The third kappa shape index (κ3) is 8.56. The second-order valence-corrected chi connectivity index (χ2v) is 16.2. The molecule has 0 unspecified atom stereocenters. The van der Waals surface area contributed by atoms with Crippen LogP contribution in [0.3, 0.4) is 0 Å². The van der Waals surface area contributed by atoms with Gasteiger partial charge in [-0.3, -0.25) is 24.0 Å². The zero-order valence-electron chi connectivity index (χ0n) is 34.3. The standard InChI is InChI=1S/C42H56F2N8O7/c1-7-32(48-38(56)21(3)45-5)40(58)51-19-27(53)15-25(51)17-31-29-11-9-23(43)13-34(29)47-36(31)42(37(55)30-12-10-24(44)14-35(30)50-42)18-26-16-28(54)20-52(26)41(59)33(8-2)49-39(57)22(4)46-6/h9-14,21-22,25-28,32-33,45-47,50,53-54H,7-8,15-20H2,1-6H3,(H,48,56)(H,49,57)/t21-,22-,25-,26-,27-,28-,32-,33-,42+/m0/s1. The first kappa shape index (κ1) is 43.6. The van der Waals surface area contributed by atoms with Crippen molar-refractivity contribution < 1.29 is 43.0 Å². The topological polar surface area (TPSA) is 208 Å². The molecule has 15 nitrogen and oxygen atoms in total. The molecule has 320 valence electrons. The quantitative estimate of drug-likeness (QED) is 0.112. The molecule has 2 fully saturated rings. The number of hydrogen-bond donors (Lipinski definition) is 8. The number of likely N-dealkylation sites (N-methyl/N-ethyl adjacent to an activating group) is 2. The summed E-state index contributed by atoms with van der Waals surface area (Å²) in [6, 6.07) is 3.56. The van der Waals surface area contributed by atoms with E-state index in [1.54, 1.807) is 47.9 Å². The molecule has 0 saturated carbocycles. The maximum atomic E-state index is 15.0. The van der Waals surface area contributed by atoms with Gasteiger partial charge in [0.25, 0.3) is 0 Å². The van der Waals surface area contributed by atoms with Crippen molar-refractivity contribution in [2.24, 2.45) is 0 Å². The normalized spacial score (nSPS) is 24.7. The van der Waals surface area contributed by atoms with E-state index >= 15 is 4.79 Å². The molecule has 3 aliphatic heterocycles. The van der Waals surface area contributed by atoms with Crippen molar-refractivity contribution in [3.8, 4) is 0 Å². The lowest BCUT2D eigenvalue weighted by atomic mass is 9.80. The second kappa shape index (κ2) is 17.7. The Balaban J connectivity index is 1.43. The lowest BCUT2D eigenvalue weighted by Crippen LogP contribution is -2.54. The Kier molecular flexibility index (Phi) is 13.1. The van der Waals surface area contributed by atoms with Crippen molar-refractivity contribution in [1.29, 1.82) is 0 Å². The largest absolute Gasteiger partial charge is 0.391 e. The number of ketones is 1. The number of benzene rings is 2. The highest BCUT2D eigenvalue weighted by Crippen LogP contribution is 2.47. The van der Waals surface area contributed by atoms with Gasteiger partial charge in [-0.1, -0.05) is 13.8 Å². The first-order valence-corrected chi connectivity index (χ1v) is 20.4. The molecule has 17 heteroatoms. The number of Topliss-reactive ketones (excluding diaryl/α,β-unsaturated/α-hetero) is 1. The number of halogens is 2. The number of carbonyl (C=O) groups excluding carboxylic acids is 5. The predicted octanol–water partition coefficient (Wildman–Crippen LogP) is 1.81. The van der Waals surface area contributed by atoms with E-state index in [-0.39, 0.29) is 80.6 Å². The first-order valence-electron chi connectivity index (χ1n) is 20.4. The first-order chi connectivity index (χ1) is 28.0. The molecule has 0 aliphatic carbocycles. The molecule has 3 aromatic rings. The molecule has 2 aromatic carbocycles. The Labute approximate surface area is 342 Å². The summed E-state index contributed by atoms with van der Waals surface area (Å²) in [4.78, 5) is 75.4. The van der Waals surface area contributed by atoms with Gasteiger partial charge < -0.3 is 51.6 Å². The number of anilines is 1. The fourth-order valence-corrected chi connectivity index (χ4v) is 8.79. The molecule has 4 heterocycles. The average Bonchev–Trinajstić information content (AvgIpc) is 3.95. The van der Waals surface area contributed by atoms with Gasteiger partial charge in [-0.15, -0.1) is 0 Å². The minimum atomic E-state index is -1.73. The van der Waals surface area contributed by atoms with Gasteiger partial charge in [-0.05, 0) is 102 Å². The molecule has 0 bridgehead atoms. The summed E-state index contributed by atoms with van der Waals surface area (Å²) in [6.45, 7) is 6.80. The second-order valence-electron chi connectivity index (χ2n) is 16.2. The van der Waals surface area contributed by atoms with Crippen LogP contribution in [0, 0.1) is 11.6 Å². The molecule has 6 rings (SSSR count). The number of nitrogens with one attached hydrogen (secondary N) is 6. The van der Waals surface area contributed by atoms with Gasteiger partial charge in [0.05, 0.1) is 30.0 Å². The van der Waals surface area contributed by atoms with Gasteiger partial charge >= 0.3 is 0 Å². The maximum absolute atomic E-state index is 15.0. The van der Waals surface area contributed by atoms with Gasteiger partial charge in [-0.25, -0.2) is 8.78 Å². The van der Waals surface area contributed by atoms with Crippen LogP contribution < -0.4 is 26.6 Å². The summed E-state index contributed by atoms with van der Waals surface area (Å²) in [5.41, 5.74) is -0.170. The molecule has 4 amide bonds. The van der Waals surface area contributed by atoms with Gasteiger partial charge in [0.1, 0.15) is 29.3 Å². The number of amides is 4. The fourth-order valence-electron chi connectivity index (χ4n) is 8.79. The van der Waals surface area contributed by atoms with Crippen LogP contribution in [0.5, 0.6) is 0 Å². The van der Waals surface area contributed by atoms with E-state index in [4.69, 9.17) is 0 Å². The Morgan fingerprint density at radius 3 is 1.92 bits per heavy atom. The molecule has 1 aromatic heterocycles. The van der Waals surface area contributed by atoms with Gasteiger partial charge in [0.15, 0.2) is 5.78 Å². The van der Waals surface area contributed by atoms with Crippen LogP contribution >= 0.6 is 0 Å². The number of aliphatic hydroxyl groups excluding tert-OH is 2. The van der Waals surface area contributed by atoms with Crippen molar-refractivity contribution in [3.05, 3.63) is 64.9 Å². The number of rotatable bonds is 15. The van der Waals surface area contributed by atoms with Gasteiger partial charge in [0.2, 0.25) is 23.6 Å². The van der Waals surface area contributed by atoms with Crippen LogP contribution in [0.2, 0.25) is 0 Å². The molecule has 3 aliphatic rings. The van der Waals surface area contributed by atoms with Crippen LogP contribution in [0.4, 0.5) is 14.5 Å². The van der Waals surface area contributed by atoms with Crippen molar-refractivity contribution in [2.45, 2.75) is 120 Å². The van der Waals surface area contributed by atoms with Crippen molar-refractivity contribution in [1.82, 2.24) is 36.1 Å². The van der Waals surface area contributed by atoms with Crippen LogP contribution in [-0.4, -0.2) is 130 Å². The average molecular weight is 823 g/mol. The highest BCUT2D eigenvalue weighted by Gasteiger charge is 2.53. The number of aromatic amines is 1. The summed E-state index contributed by atoms with van der Waals surface area (Å²) in [6.07, 6.45) is -1.08. The van der Waals surface area contributed by atoms with E-state index in [2.05, 4.69) is 31.6 Å². The Bertz CT molecular complexity index is 2100.